The molecule has 0 radical (unpaired) electrons. The predicted molar refractivity (Wildman–Crippen MR) is 76.5 cm³/mol. The molecule has 0 saturated carbocycles. The van der Waals surface area contributed by atoms with Crippen molar-refractivity contribution in [3.63, 3.8) is 0 Å². The van der Waals surface area contributed by atoms with Crippen LogP contribution in [0.4, 0.5) is 4.39 Å². The van der Waals surface area contributed by atoms with Gasteiger partial charge in [0.15, 0.2) is 5.82 Å². The molecule has 0 aliphatic heterocycles. The molecule has 0 unspecified atom stereocenters. The molecule has 1 aromatic heterocycles. The van der Waals surface area contributed by atoms with E-state index in [1.807, 2.05) is 0 Å². The minimum atomic E-state index is -4.06. The highest BCUT2D eigenvalue weighted by Crippen LogP contribution is 2.29. The van der Waals surface area contributed by atoms with Crippen molar-refractivity contribution in [2.24, 2.45) is 0 Å². The first kappa shape index (κ1) is 15.4. The maximum Gasteiger partial charge on any atom is 0.296 e. The lowest BCUT2D eigenvalue weighted by Crippen LogP contribution is -2.10. The Bertz CT molecular complexity index is 761. The summed E-state index contributed by atoms with van der Waals surface area (Å²) in [6.45, 7) is 3.46. The first-order valence-corrected chi connectivity index (χ1v) is 8.67. The summed E-state index contributed by atoms with van der Waals surface area (Å²) in [7, 11) is 1.26. The van der Waals surface area contributed by atoms with Gasteiger partial charge in [-0.1, -0.05) is 15.9 Å². The Balaban J connectivity index is 2.76. The second-order valence-corrected chi connectivity index (χ2v) is 7.71. The van der Waals surface area contributed by atoms with Crippen LogP contribution in [0.2, 0.25) is 0 Å². The smallest absolute Gasteiger partial charge is 0.294 e. The average molecular weight is 383 g/mol. The van der Waals surface area contributed by atoms with E-state index in [9.17, 15) is 12.8 Å². The Morgan fingerprint density at radius 1 is 1.35 bits per heavy atom. The van der Waals surface area contributed by atoms with Gasteiger partial charge in [0.1, 0.15) is 5.82 Å². The molecule has 0 bridgehead atoms. The lowest BCUT2D eigenvalue weighted by atomic mass is 10.2. The normalized spacial score (nSPS) is 12.1. The third-order valence-corrected chi connectivity index (χ3v) is 4.19. The van der Waals surface area contributed by atoms with Crippen LogP contribution in [0, 0.1) is 5.82 Å². The Morgan fingerprint density at radius 2 is 2.00 bits per heavy atom. The fourth-order valence-corrected chi connectivity index (χ4v) is 3.11. The van der Waals surface area contributed by atoms with Crippen molar-refractivity contribution < 1.29 is 12.8 Å². The zero-order valence-electron chi connectivity index (χ0n) is 10.5. The summed E-state index contributed by atoms with van der Waals surface area (Å²) < 4.78 is 38.8. The summed E-state index contributed by atoms with van der Waals surface area (Å²) in [4.78, 5) is 0. The SMILES string of the molecule is CC(C)n1c(-c2cc(Br)ccc2F)nnc1S(=O)(=O)Cl. The third kappa shape index (κ3) is 2.87. The van der Waals surface area contributed by atoms with E-state index in [1.54, 1.807) is 13.8 Å². The fourth-order valence-electron chi connectivity index (χ4n) is 1.76. The van der Waals surface area contributed by atoms with Crippen LogP contribution in [-0.4, -0.2) is 23.2 Å². The topological polar surface area (TPSA) is 64.8 Å². The number of benzene rings is 1. The summed E-state index contributed by atoms with van der Waals surface area (Å²) >= 11 is 3.23. The molecule has 108 valence electrons. The van der Waals surface area contributed by atoms with Crippen molar-refractivity contribution in [3.05, 3.63) is 28.5 Å². The Kier molecular flexibility index (Phi) is 4.17. The molecule has 0 N–H and O–H groups in total. The second-order valence-electron chi connectivity index (χ2n) is 4.33. The van der Waals surface area contributed by atoms with E-state index in [1.165, 1.54) is 22.8 Å². The molecular formula is C11H10BrClFN3O2S. The first-order chi connectivity index (χ1) is 9.21. The van der Waals surface area contributed by atoms with E-state index >= 15 is 0 Å². The van der Waals surface area contributed by atoms with Crippen molar-refractivity contribution in [1.29, 1.82) is 0 Å². The van der Waals surface area contributed by atoms with Gasteiger partial charge >= 0.3 is 0 Å². The second kappa shape index (κ2) is 5.42. The molecular weight excluding hydrogens is 373 g/mol. The molecule has 9 heteroatoms. The van der Waals surface area contributed by atoms with Crippen LogP contribution >= 0.6 is 26.6 Å². The monoisotopic (exact) mass is 381 g/mol. The van der Waals surface area contributed by atoms with Crippen LogP contribution < -0.4 is 0 Å². The van der Waals surface area contributed by atoms with E-state index in [2.05, 4.69) is 26.1 Å². The van der Waals surface area contributed by atoms with Crippen LogP contribution in [0.25, 0.3) is 11.4 Å². The summed E-state index contributed by atoms with van der Waals surface area (Å²) in [5.41, 5.74) is 0.146. The minimum absolute atomic E-state index is 0.109. The van der Waals surface area contributed by atoms with E-state index < -0.39 is 20.0 Å². The van der Waals surface area contributed by atoms with Crippen LogP contribution in [0.1, 0.15) is 19.9 Å². The van der Waals surface area contributed by atoms with Gasteiger partial charge in [0.05, 0.1) is 5.56 Å². The number of aromatic nitrogens is 3. The molecule has 0 aliphatic rings. The summed E-state index contributed by atoms with van der Waals surface area (Å²) in [5.74, 6) is -0.418. The van der Waals surface area contributed by atoms with Gasteiger partial charge in [0.2, 0.25) is 0 Å². The molecule has 20 heavy (non-hydrogen) atoms. The van der Waals surface area contributed by atoms with Gasteiger partial charge in [-0.15, -0.1) is 10.2 Å². The maximum absolute atomic E-state index is 13.9. The zero-order valence-corrected chi connectivity index (χ0v) is 13.7. The molecule has 0 aliphatic carbocycles. The molecule has 5 nitrogen and oxygen atoms in total. The lowest BCUT2D eigenvalue weighted by molar-refractivity contribution is 0.528. The van der Waals surface area contributed by atoms with Crippen molar-refractivity contribution in [2.75, 3.05) is 0 Å². The van der Waals surface area contributed by atoms with Crippen LogP contribution in [0.3, 0.4) is 0 Å². The van der Waals surface area contributed by atoms with E-state index in [0.29, 0.717) is 4.47 Å². The van der Waals surface area contributed by atoms with E-state index in [-0.39, 0.29) is 17.4 Å². The molecule has 2 aromatic rings. The maximum atomic E-state index is 13.9. The Hall–Kier alpha value is -0.990. The summed E-state index contributed by atoms with van der Waals surface area (Å²) in [6.07, 6.45) is 0. The highest BCUT2D eigenvalue weighted by atomic mass is 79.9. The van der Waals surface area contributed by atoms with Gasteiger partial charge < -0.3 is 0 Å². The number of rotatable bonds is 3. The highest BCUT2D eigenvalue weighted by molar-refractivity contribution is 9.10. The molecule has 0 fully saturated rings. The number of hydrogen-bond donors (Lipinski definition) is 0. The zero-order chi connectivity index (χ0) is 15.1. The van der Waals surface area contributed by atoms with Crippen molar-refractivity contribution in [1.82, 2.24) is 14.8 Å². The van der Waals surface area contributed by atoms with Gasteiger partial charge in [-0.05, 0) is 32.0 Å². The number of nitrogens with zero attached hydrogens (tertiary/aromatic N) is 3. The largest absolute Gasteiger partial charge is 0.296 e. The summed E-state index contributed by atoms with van der Waals surface area (Å²) in [6, 6.07) is 3.99. The minimum Gasteiger partial charge on any atom is -0.294 e. The average Bonchev–Trinajstić information content (AvgIpc) is 2.76. The van der Waals surface area contributed by atoms with Crippen LogP contribution in [-0.2, 0) is 9.05 Å². The molecule has 2 rings (SSSR count). The van der Waals surface area contributed by atoms with Gasteiger partial charge in [-0.2, -0.15) is 0 Å². The van der Waals surface area contributed by atoms with Crippen LogP contribution in [0.5, 0.6) is 0 Å². The molecule has 0 amide bonds. The standard InChI is InChI=1S/C11H10BrClFN3O2S/c1-6(2)17-10(15-16-11(17)20(13,18)19)8-5-7(12)3-4-9(8)14/h3-6H,1-2H3. The van der Waals surface area contributed by atoms with Gasteiger partial charge in [-0.3, -0.25) is 4.57 Å². The Labute approximate surface area is 128 Å². The molecule has 1 heterocycles. The summed E-state index contributed by atoms with van der Waals surface area (Å²) in [5, 5.41) is 6.93. The molecule has 0 saturated heterocycles. The first-order valence-electron chi connectivity index (χ1n) is 5.57. The van der Waals surface area contributed by atoms with Gasteiger partial charge in [-0.25, -0.2) is 12.8 Å². The predicted octanol–water partition coefficient (Wildman–Crippen LogP) is 3.36. The lowest BCUT2D eigenvalue weighted by Gasteiger charge is -2.13. The number of hydrogen-bond acceptors (Lipinski definition) is 4. The molecule has 0 atom stereocenters. The fraction of sp³-hybridized carbons (Fsp3) is 0.273. The van der Waals surface area contributed by atoms with Crippen LogP contribution in [0.15, 0.2) is 27.8 Å². The van der Waals surface area contributed by atoms with Gasteiger partial charge in [0, 0.05) is 21.2 Å². The van der Waals surface area contributed by atoms with Crippen molar-refractivity contribution in [2.45, 2.75) is 25.0 Å². The van der Waals surface area contributed by atoms with E-state index in [0.717, 1.165) is 0 Å². The molecule has 0 spiro atoms. The third-order valence-electron chi connectivity index (χ3n) is 2.57. The Morgan fingerprint density at radius 3 is 2.55 bits per heavy atom. The van der Waals surface area contributed by atoms with E-state index in [4.69, 9.17) is 10.7 Å². The molecule has 1 aromatic carbocycles. The quantitative estimate of drug-likeness (QED) is 0.764. The van der Waals surface area contributed by atoms with Crippen molar-refractivity contribution >= 4 is 35.7 Å². The van der Waals surface area contributed by atoms with Gasteiger partial charge in [0.25, 0.3) is 14.2 Å². The van der Waals surface area contributed by atoms with Crippen molar-refractivity contribution in [3.8, 4) is 11.4 Å². The number of halogens is 3. The highest BCUT2D eigenvalue weighted by Gasteiger charge is 2.26.